The Morgan fingerprint density at radius 3 is 2.97 bits per heavy atom. The maximum atomic E-state index is 14.8. The Balaban J connectivity index is 1.58. The molecule has 0 aliphatic carbocycles. The summed E-state index contributed by atoms with van der Waals surface area (Å²) in [5.74, 6) is 0.348. The molecule has 3 N–H and O–H groups in total. The van der Waals surface area contributed by atoms with Crippen LogP contribution >= 0.6 is 22.9 Å². The second-order valence-electron chi connectivity index (χ2n) is 9.54. The molecule has 184 valence electrons. The molecule has 11 heteroatoms. The number of rotatable bonds is 3. The van der Waals surface area contributed by atoms with Crippen LogP contribution in [0.15, 0.2) is 18.5 Å². The molecule has 4 aromatic rings. The highest BCUT2D eigenvalue weighted by Crippen LogP contribution is 2.51. The van der Waals surface area contributed by atoms with Gasteiger partial charge in [-0.25, -0.2) is 20.9 Å². The fraction of sp³-hybridized carbons (Fsp3) is 0.308. The van der Waals surface area contributed by atoms with Gasteiger partial charge in [-0.2, -0.15) is 5.26 Å². The minimum Gasteiger partial charge on any atom is -0.389 e. The molecule has 2 aromatic heterocycles. The van der Waals surface area contributed by atoms with Crippen LogP contribution in [0.3, 0.4) is 0 Å². The largest absolute Gasteiger partial charge is 0.389 e. The SMILES string of the molecule is [C-]#[N+]CC1OCc2c(-c3ccc(F)c4sc(N)c(C#N)c34)c(Cl)c3ncnc(N4C[C@H]5C[C@@H]4CN5)c3c21. The van der Waals surface area contributed by atoms with Crippen molar-refractivity contribution in [3.05, 3.63) is 57.4 Å². The Bertz CT molecular complexity index is 1720. The fourth-order valence-corrected chi connectivity index (χ4v) is 7.46. The van der Waals surface area contributed by atoms with E-state index in [1.165, 1.54) is 12.4 Å². The molecule has 3 atom stereocenters. The average Bonchev–Trinajstić information content (AvgIpc) is 3.68. The number of nitrogens with two attached hydrogens (primary N) is 1. The summed E-state index contributed by atoms with van der Waals surface area (Å²) in [5.41, 5.74) is 9.77. The Labute approximate surface area is 220 Å². The molecule has 0 radical (unpaired) electrons. The first-order chi connectivity index (χ1) is 18.0. The van der Waals surface area contributed by atoms with E-state index >= 15 is 0 Å². The molecule has 7 rings (SSSR count). The van der Waals surface area contributed by atoms with Crippen molar-refractivity contribution in [1.29, 1.82) is 5.26 Å². The molecule has 8 nitrogen and oxygen atoms in total. The number of benzene rings is 2. The predicted molar refractivity (Wildman–Crippen MR) is 141 cm³/mol. The van der Waals surface area contributed by atoms with E-state index < -0.39 is 11.9 Å². The van der Waals surface area contributed by atoms with E-state index in [2.05, 4.69) is 26.1 Å². The molecule has 0 saturated carbocycles. The predicted octanol–water partition coefficient (Wildman–Crippen LogP) is 4.80. The molecule has 0 amide bonds. The van der Waals surface area contributed by atoms with Gasteiger partial charge >= 0.3 is 0 Å². The molecule has 5 heterocycles. The Morgan fingerprint density at radius 2 is 2.24 bits per heavy atom. The molecular formula is C26H19ClFN7OS. The van der Waals surface area contributed by atoms with Crippen molar-refractivity contribution in [1.82, 2.24) is 15.3 Å². The van der Waals surface area contributed by atoms with Crippen LogP contribution in [0.1, 0.15) is 29.2 Å². The van der Waals surface area contributed by atoms with Crippen molar-refractivity contribution in [2.45, 2.75) is 31.2 Å². The lowest BCUT2D eigenvalue weighted by atomic mass is 9.89. The first-order valence-electron chi connectivity index (χ1n) is 11.9. The minimum atomic E-state index is -0.479. The van der Waals surface area contributed by atoms with Crippen molar-refractivity contribution in [2.24, 2.45) is 0 Å². The Kier molecular flexibility index (Phi) is 5.04. The molecule has 2 saturated heterocycles. The van der Waals surface area contributed by atoms with Crippen LogP contribution < -0.4 is 16.0 Å². The number of nitrogen functional groups attached to an aromatic ring is 1. The van der Waals surface area contributed by atoms with E-state index in [1.807, 2.05) is 0 Å². The minimum absolute atomic E-state index is 0.138. The van der Waals surface area contributed by atoms with Crippen LogP contribution in [0.5, 0.6) is 0 Å². The van der Waals surface area contributed by atoms with Crippen molar-refractivity contribution < 1.29 is 9.13 Å². The zero-order chi connectivity index (χ0) is 25.4. The summed E-state index contributed by atoms with van der Waals surface area (Å²) >= 11 is 8.19. The number of nitrogens with zero attached hydrogens (tertiary/aromatic N) is 5. The van der Waals surface area contributed by atoms with Crippen LogP contribution in [0.2, 0.25) is 5.02 Å². The third-order valence-electron chi connectivity index (χ3n) is 7.69. The van der Waals surface area contributed by atoms with Crippen molar-refractivity contribution in [3.8, 4) is 17.2 Å². The van der Waals surface area contributed by atoms with Gasteiger partial charge in [0.15, 0.2) is 6.10 Å². The number of piperazine rings is 1. The molecule has 0 spiro atoms. The summed E-state index contributed by atoms with van der Waals surface area (Å²) in [6, 6.07) is 5.87. The van der Waals surface area contributed by atoms with Gasteiger partial charge in [0.05, 0.1) is 32.8 Å². The lowest BCUT2D eigenvalue weighted by molar-refractivity contribution is 0.0782. The second kappa shape index (κ2) is 8.23. The lowest BCUT2D eigenvalue weighted by Crippen LogP contribution is -2.44. The average molecular weight is 532 g/mol. The number of hydrogen-bond acceptors (Lipinski definition) is 8. The normalized spacial score (nSPS) is 22.1. The number of nitrogens with one attached hydrogen (secondary N) is 1. The number of aromatic nitrogens is 2. The number of fused-ring (bicyclic) bond motifs is 6. The summed E-state index contributed by atoms with van der Waals surface area (Å²) in [5, 5.41) is 15.2. The summed E-state index contributed by atoms with van der Waals surface area (Å²) in [4.78, 5) is 15.2. The smallest absolute Gasteiger partial charge is 0.244 e. The van der Waals surface area contributed by atoms with Crippen molar-refractivity contribution in [3.63, 3.8) is 0 Å². The van der Waals surface area contributed by atoms with Gasteiger partial charge in [0.2, 0.25) is 6.54 Å². The maximum Gasteiger partial charge on any atom is 0.244 e. The van der Waals surface area contributed by atoms with Crippen LogP contribution in [0, 0.1) is 23.7 Å². The van der Waals surface area contributed by atoms with E-state index in [0.29, 0.717) is 43.8 Å². The van der Waals surface area contributed by atoms with Gasteiger partial charge in [-0.15, -0.1) is 11.3 Å². The lowest BCUT2D eigenvalue weighted by Gasteiger charge is -2.30. The van der Waals surface area contributed by atoms with Crippen LogP contribution in [-0.2, 0) is 11.3 Å². The molecule has 2 aromatic carbocycles. The zero-order valence-electron chi connectivity index (χ0n) is 19.4. The van der Waals surface area contributed by atoms with Crippen LogP contribution in [0.25, 0.3) is 37.0 Å². The first kappa shape index (κ1) is 22.6. The van der Waals surface area contributed by atoms with Crippen molar-refractivity contribution >= 4 is 54.7 Å². The summed E-state index contributed by atoms with van der Waals surface area (Å²) in [6.45, 7) is 9.61. The highest BCUT2D eigenvalue weighted by molar-refractivity contribution is 7.23. The van der Waals surface area contributed by atoms with Crippen LogP contribution in [-0.4, -0.2) is 41.7 Å². The van der Waals surface area contributed by atoms with Gasteiger partial charge in [0.1, 0.15) is 29.0 Å². The summed E-state index contributed by atoms with van der Waals surface area (Å²) in [6.07, 6.45) is 2.08. The third-order valence-corrected chi connectivity index (χ3v) is 9.08. The van der Waals surface area contributed by atoms with E-state index in [-0.39, 0.29) is 23.7 Å². The van der Waals surface area contributed by atoms with E-state index in [0.717, 1.165) is 53.2 Å². The van der Waals surface area contributed by atoms with Gasteiger partial charge in [-0.1, -0.05) is 17.7 Å². The molecule has 1 unspecified atom stereocenters. The van der Waals surface area contributed by atoms with Crippen molar-refractivity contribution in [2.75, 3.05) is 30.3 Å². The number of halogens is 2. The highest BCUT2D eigenvalue weighted by Gasteiger charge is 2.41. The van der Waals surface area contributed by atoms with E-state index in [4.69, 9.17) is 33.6 Å². The highest BCUT2D eigenvalue weighted by atomic mass is 35.5. The van der Waals surface area contributed by atoms with Crippen LogP contribution in [0.4, 0.5) is 15.2 Å². The number of ether oxygens (including phenoxy) is 1. The molecule has 3 aliphatic rings. The summed E-state index contributed by atoms with van der Waals surface area (Å²) in [7, 11) is 0. The summed E-state index contributed by atoms with van der Waals surface area (Å²) < 4.78 is 21.3. The van der Waals surface area contributed by atoms with Gasteiger partial charge in [-0.3, -0.25) is 0 Å². The molecule has 3 aliphatic heterocycles. The monoisotopic (exact) mass is 531 g/mol. The molecule has 2 bridgehead atoms. The fourth-order valence-electron chi connectivity index (χ4n) is 6.15. The van der Waals surface area contributed by atoms with E-state index in [1.54, 1.807) is 6.07 Å². The topological polar surface area (TPSA) is 104 Å². The second-order valence-corrected chi connectivity index (χ2v) is 11.0. The van der Waals surface area contributed by atoms with Gasteiger partial charge < -0.3 is 25.5 Å². The zero-order valence-corrected chi connectivity index (χ0v) is 21.0. The Morgan fingerprint density at radius 1 is 1.38 bits per heavy atom. The van der Waals surface area contributed by atoms with Gasteiger partial charge in [-0.05, 0) is 23.6 Å². The van der Waals surface area contributed by atoms with Gasteiger partial charge in [0.25, 0.3) is 0 Å². The molecule has 37 heavy (non-hydrogen) atoms. The maximum absolute atomic E-state index is 14.8. The quantitative estimate of drug-likeness (QED) is 0.366. The molecule has 2 fully saturated rings. The number of nitriles is 1. The van der Waals surface area contributed by atoms with Gasteiger partial charge in [0, 0.05) is 41.7 Å². The number of hydrogen-bond donors (Lipinski definition) is 2. The Hall–Kier alpha value is -3.54. The molecular weight excluding hydrogens is 513 g/mol. The van der Waals surface area contributed by atoms with E-state index in [9.17, 15) is 9.65 Å². The number of thiophene rings is 1. The standard InChI is InChI=1S/C26H19ClFN7OS/c1-31-7-17-20-15(9-36-17)18(13-2-3-16(28)24-19(13)14(5-29)25(30)37-24)22(27)23-21(20)26(34-10-33-23)35-8-11-4-12(35)6-32-11/h2-3,10-12,17,32H,4,6-9,30H2/t11-,12-,17?/m1/s1. The third kappa shape index (κ3) is 3.11. The first-order valence-corrected chi connectivity index (χ1v) is 13.1. The number of anilines is 2.